The van der Waals surface area contributed by atoms with Gasteiger partial charge in [0, 0.05) is 44.2 Å². The van der Waals surface area contributed by atoms with E-state index in [2.05, 4.69) is 15.5 Å². The Morgan fingerprint density at radius 1 is 1.09 bits per heavy atom. The largest absolute Gasteiger partial charge is 0.367 e. The van der Waals surface area contributed by atoms with E-state index in [9.17, 15) is 24.0 Å². The zero-order valence-electron chi connectivity index (χ0n) is 17.8. The topological polar surface area (TPSA) is 142 Å². The number of imide groups is 2. The summed E-state index contributed by atoms with van der Waals surface area (Å²) in [6, 6.07) is 4.21. The zero-order chi connectivity index (χ0) is 22.8. The highest BCUT2D eigenvalue weighted by molar-refractivity contribution is 6.23. The van der Waals surface area contributed by atoms with Crippen molar-refractivity contribution in [2.24, 2.45) is 5.73 Å². The van der Waals surface area contributed by atoms with E-state index in [4.69, 9.17) is 5.73 Å². The monoisotopic (exact) mass is 441 g/mol. The molecule has 1 aromatic carbocycles. The maximum Gasteiger partial charge on any atom is 0.262 e. The Balaban J connectivity index is 1.54. The van der Waals surface area contributed by atoms with Gasteiger partial charge in [0.1, 0.15) is 6.04 Å². The second-order valence-corrected chi connectivity index (χ2v) is 8.36. The molecular formula is C22H27N5O5. The van der Waals surface area contributed by atoms with Gasteiger partial charge in [-0.2, -0.15) is 0 Å². The highest BCUT2D eigenvalue weighted by Gasteiger charge is 2.44. The quantitative estimate of drug-likeness (QED) is 0.524. The van der Waals surface area contributed by atoms with Crippen LogP contribution in [0.3, 0.4) is 0 Å². The maximum absolute atomic E-state index is 13.1. The first kappa shape index (κ1) is 21.9. The number of hydrogen-bond acceptors (Lipinski definition) is 7. The van der Waals surface area contributed by atoms with E-state index >= 15 is 0 Å². The molecule has 0 spiro atoms. The number of benzene rings is 1. The number of carbonyl (C=O) groups excluding carboxylic acids is 5. The standard InChI is InChI=1S/C22H27N5O5/c23-9-8-18(28)24-12-14-3-1-2-10-26(14)13-4-5-15-16(11-13)22(32)27(21(15)31)17-6-7-19(29)25-20(17)30/h4-5,11,14,17H,1-3,6-10,12,23H2,(H,24,28)(H,25,29,30). The normalized spacial score (nSPS) is 23.3. The Hall–Kier alpha value is -3.27. The van der Waals surface area contributed by atoms with Crippen LogP contribution in [-0.2, 0) is 14.4 Å². The van der Waals surface area contributed by atoms with Crippen molar-refractivity contribution in [3.63, 3.8) is 0 Å². The van der Waals surface area contributed by atoms with Crippen molar-refractivity contribution < 1.29 is 24.0 Å². The lowest BCUT2D eigenvalue weighted by Crippen LogP contribution is -2.54. The second kappa shape index (κ2) is 9.07. The van der Waals surface area contributed by atoms with E-state index in [1.54, 1.807) is 18.2 Å². The molecule has 10 nitrogen and oxygen atoms in total. The third-order valence-corrected chi connectivity index (χ3v) is 6.29. The summed E-state index contributed by atoms with van der Waals surface area (Å²) in [7, 11) is 0. The minimum absolute atomic E-state index is 0.0713. The molecule has 170 valence electrons. The summed E-state index contributed by atoms with van der Waals surface area (Å²) in [5, 5.41) is 5.12. The van der Waals surface area contributed by atoms with E-state index in [1.807, 2.05) is 0 Å². The first-order valence-corrected chi connectivity index (χ1v) is 11.0. The molecular weight excluding hydrogens is 414 g/mol. The molecule has 2 fully saturated rings. The molecule has 2 atom stereocenters. The highest BCUT2D eigenvalue weighted by Crippen LogP contribution is 2.32. The Bertz CT molecular complexity index is 977. The number of fused-ring (bicyclic) bond motifs is 1. The fourth-order valence-corrected chi connectivity index (χ4v) is 4.64. The van der Waals surface area contributed by atoms with Gasteiger partial charge >= 0.3 is 0 Å². The number of hydrogen-bond donors (Lipinski definition) is 3. The van der Waals surface area contributed by atoms with E-state index < -0.39 is 29.7 Å². The molecule has 0 saturated carbocycles. The molecule has 4 N–H and O–H groups in total. The minimum Gasteiger partial charge on any atom is -0.367 e. The molecule has 1 aromatic rings. The van der Waals surface area contributed by atoms with Gasteiger partial charge in [0.25, 0.3) is 11.8 Å². The number of piperidine rings is 2. The van der Waals surface area contributed by atoms with Crippen molar-refractivity contribution in [1.82, 2.24) is 15.5 Å². The van der Waals surface area contributed by atoms with Crippen molar-refractivity contribution in [1.29, 1.82) is 0 Å². The highest BCUT2D eigenvalue weighted by atomic mass is 16.2. The van der Waals surface area contributed by atoms with Crippen molar-refractivity contribution in [2.45, 2.75) is 50.6 Å². The van der Waals surface area contributed by atoms with Crippen molar-refractivity contribution >= 4 is 35.2 Å². The van der Waals surface area contributed by atoms with Crippen molar-refractivity contribution in [3.05, 3.63) is 29.3 Å². The molecule has 32 heavy (non-hydrogen) atoms. The van der Waals surface area contributed by atoms with E-state index in [1.165, 1.54) is 0 Å². The third-order valence-electron chi connectivity index (χ3n) is 6.29. The first-order chi connectivity index (χ1) is 15.4. The second-order valence-electron chi connectivity index (χ2n) is 8.36. The average Bonchev–Trinajstić information content (AvgIpc) is 3.02. The molecule has 2 saturated heterocycles. The summed E-state index contributed by atoms with van der Waals surface area (Å²) < 4.78 is 0. The van der Waals surface area contributed by atoms with E-state index in [-0.39, 0.29) is 42.3 Å². The van der Waals surface area contributed by atoms with Crippen molar-refractivity contribution in [2.75, 3.05) is 24.5 Å². The summed E-state index contributed by atoms with van der Waals surface area (Å²) in [4.78, 5) is 64.6. The molecule has 10 heteroatoms. The Morgan fingerprint density at radius 3 is 2.62 bits per heavy atom. The maximum atomic E-state index is 13.1. The van der Waals surface area contributed by atoms with Gasteiger partial charge in [-0.15, -0.1) is 0 Å². The molecule has 3 aliphatic rings. The lowest BCUT2D eigenvalue weighted by atomic mass is 9.99. The minimum atomic E-state index is -0.982. The predicted molar refractivity (Wildman–Crippen MR) is 115 cm³/mol. The van der Waals surface area contributed by atoms with Crippen LogP contribution in [0.2, 0.25) is 0 Å². The lowest BCUT2D eigenvalue weighted by Gasteiger charge is -2.38. The smallest absolute Gasteiger partial charge is 0.262 e. The fraction of sp³-hybridized carbons (Fsp3) is 0.500. The van der Waals surface area contributed by atoms with Gasteiger partial charge < -0.3 is 16.0 Å². The summed E-state index contributed by atoms with van der Waals surface area (Å²) in [6.45, 7) is 1.55. The van der Waals surface area contributed by atoms with Crippen LogP contribution < -0.4 is 21.3 Å². The zero-order valence-corrected chi connectivity index (χ0v) is 17.8. The number of amides is 5. The molecule has 0 aliphatic carbocycles. The van der Waals surface area contributed by atoms with Gasteiger partial charge in [-0.3, -0.25) is 34.2 Å². The van der Waals surface area contributed by atoms with Gasteiger partial charge in [0.2, 0.25) is 17.7 Å². The van der Waals surface area contributed by atoms with Gasteiger partial charge in [0.05, 0.1) is 11.1 Å². The molecule has 3 aliphatic heterocycles. The van der Waals surface area contributed by atoms with Crippen LogP contribution in [-0.4, -0.2) is 66.2 Å². The van der Waals surface area contributed by atoms with Gasteiger partial charge in [-0.25, -0.2) is 0 Å². The van der Waals surface area contributed by atoms with Crippen molar-refractivity contribution in [3.8, 4) is 0 Å². The van der Waals surface area contributed by atoms with Crippen LogP contribution in [0.4, 0.5) is 5.69 Å². The summed E-state index contributed by atoms with van der Waals surface area (Å²) in [5.74, 6) is -2.16. The van der Waals surface area contributed by atoms with Gasteiger partial charge in [-0.05, 0) is 43.9 Å². The van der Waals surface area contributed by atoms with Crippen LogP contribution in [0, 0.1) is 0 Å². The number of anilines is 1. The number of nitrogens with two attached hydrogens (primary N) is 1. The summed E-state index contributed by atoms with van der Waals surface area (Å²) >= 11 is 0. The molecule has 0 aromatic heterocycles. The van der Waals surface area contributed by atoms with E-state index in [0.717, 1.165) is 36.4 Å². The molecule has 5 amide bonds. The number of carbonyl (C=O) groups is 5. The van der Waals surface area contributed by atoms with Crippen LogP contribution in [0.5, 0.6) is 0 Å². The molecule has 2 unspecified atom stereocenters. The first-order valence-electron chi connectivity index (χ1n) is 11.0. The molecule has 0 bridgehead atoms. The van der Waals surface area contributed by atoms with Crippen LogP contribution in [0.15, 0.2) is 18.2 Å². The predicted octanol–water partition coefficient (Wildman–Crippen LogP) is -0.0883. The third kappa shape index (κ3) is 4.10. The lowest BCUT2D eigenvalue weighted by molar-refractivity contribution is -0.136. The summed E-state index contributed by atoms with van der Waals surface area (Å²) in [6.07, 6.45) is 3.41. The van der Waals surface area contributed by atoms with Gasteiger partial charge in [0.15, 0.2) is 0 Å². The van der Waals surface area contributed by atoms with Crippen LogP contribution in [0.1, 0.15) is 59.2 Å². The Morgan fingerprint density at radius 2 is 1.88 bits per heavy atom. The number of nitrogens with one attached hydrogen (secondary N) is 2. The number of rotatable bonds is 6. The SMILES string of the molecule is NCCC(=O)NCC1CCCCN1c1ccc2c(c1)C(=O)N(C1CCC(=O)NC1=O)C2=O. The summed E-state index contributed by atoms with van der Waals surface area (Å²) in [5.41, 5.74) is 6.75. The van der Waals surface area contributed by atoms with E-state index in [0.29, 0.717) is 13.1 Å². The van der Waals surface area contributed by atoms with Crippen LogP contribution in [0.25, 0.3) is 0 Å². The molecule has 0 radical (unpaired) electrons. The van der Waals surface area contributed by atoms with Gasteiger partial charge in [-0.1, -0.05) is 0 Å². The molecule has 4 rings (SSSR count). The molecule has 3 heterocycles. The Labute approximate surface area is 185 Å². The average molecular weight is 441 g/mol. The fourth-order valence-electron chi connectivity index (χ4n) is 4.64. The number of nitrogens with zero attached hydrogens (tertiary/aromatic N) is 2. The van der Waals surface area contributed by atoms with Crippen LogP contribution >= 0.6 is 0 Å². The Kier molecular flexibility index (Phi) is 6.22.